The van der Waals surface area contributed by atoms with Gasteiger partial charge in [-0.15, -0.1) is 0 Å². The van der Waals surface area contributed by atoms with Crippen LogP contribution in [0.25, 0.3) is 0 Å². The lowest BCUT2D eigenvalue weighted by Gasteiger charge is -2.06. The van der Waals surface area contributed by atoms with Crippen LogP contribution in [0.5, 0.6) is 0 Å². The van der Waals surface area contributed by atoms with Crippen molar-refractivity contribution >= 4 is 33.4 Å². The van der Waals surface area contributed by atoms with Gasteiger partial charge < -0.3 is 5.32 Å². The van der Waals surface area contributed by atoms with Gasteiger partial charge in [-0.05, 0) is 29.3 Å². The maximum Gasteiger partial charge on any atom is 0.436 e. The van der Waals surface area contributed by atoms with Gasteiger partial charge in [0, 0.05) is 26.3 Å². The molecule has 2 heterocycles. The molecule has 0 aliphatic heterocycles. The molecular formula is C13H14BrClF3N5O. The van der Waals surface area contributed by atoms with Crippen molar-refractivity contribution < 1.29 is 18.0 Å². The van der Waals surface area contributed by atoms with Crippen LogP contribution < -0.4 is 5.32 Å². The zero-order valence-electron chi connectivity index (χ0n) is 12.8. The van der Waals surface area contributed by atoms with Crippen LogP contribution in [-0.4, -0.2) is 32.0 Å². The van der Waals surface area contributed by atoms with Crippen LogP contribution in [0.3, 0.4) is 0 Å². The number of hydrogen-bond donors (Lipinski definition) is 1. The SMILES string of the molecule is Cc1nn(CCCNC(=O)c2c(Br)c(C(F)(F)F)nn2C)cc1Cl. The number of rotatable bonds is 5. The first-order valence-corrected chi connectivity index (χ1v) is 8.05. The highest BCUT2D eigenvalue weighted by atomic mass is 79.9. The first kappa shape index (κ1) is 18.8. The fourth-order valence-corrected chi connectivity index (χ4v) is 2.95. The highest BCUT2D eigenvalue weighted by molar-refractivity contribution is 9.10. The number of amides is 1. The smallest absolute Gasteiger partial charge is 0.351 e. The molecule has 0 bridgehead atoms. The van der Waals surface area contributed by atoms with Gasteiger partial charge in [-0.1, -0.05) is 11.6 Å². The molecule has 24 heavy (non-hydrogen) atoms. The second-order valence-corrected chi connectivity index (χ2v) is 6.27. The van der Waals surface area contributed by atoms with Gasteiger partial charge >= 0.3 is 6.18 Å². The second kappa shape index (κ2) is 7.14. The minimum Gasteiger partial charge on any atom is -0.351 e. The Bertz CT molecular complexity index is 736. The van der Waals surface area contributed by atoms with E-state index in [1.165, 1.54) is 7.05 Å². The van der Waals surface area contributed by atoms with E-state index in [1.807, 2.05) is 0 Å². The Morgan fingerprint density at radius 3 is 2.58 bits per heavy atom. The maximum atomic E-state index is 12.8. The van der Waals surface area contributed by atoms with Gasteiger partial charge in [0.05, 0.1) is 15.2 Å². The molecule has 2 aromatic heterocycles. The molecule has 0 aromatic carbocycles. The molecule has 2 aromatic rings. The molecule has 0 unspecified atom stereocenters. The summed E-state index contributed by atoms with van der Waals surface area (Å²) in [5.74, 6) is -0.637. The van der Waals surface area contributed by atoms with E-state index in [1.54, 1.807) is 17.8 Å². The minimum absolute atomic E-state index is 0.180. The first-order valence-electron chi connectivity index (χ1n) is 6.88. The molecule has 1 N–H and O–H groups in total. The number of hydrogen-bond acceptors (Lipinski definition) is 3. The Hall–Kier alpha value is -1.55. The average Bonchev–Trinajstić information content (AvgIpc) is 2.94. The van der Waals surface area contributed by atoms with Crippen molar-refractivity contribution in [1.29, 1.82) is 0 Å². The minimum atomic E-state index is -4.63. The van der Waals surface area contributed by atoms with Crippen LogP contribution in [0.2, 0.25) is 5.02 Å². The largest absolute Gasteiger partial charge is 0.436 e. The average molecular weight is 429 g/mol. The van der Waals surface area contributed by atoms with E-state index >= 15 is 0 Å². The Labute approximate surface area is 149 Å². The molecule has 0 saturated heterocycles. The lowest BCUT2D eigenvalue weighted by molar-refractivity contribution is -0.142. The van der Waals surface area contributed by atoms with Crippen molar-refractivity contribution in [2.75, 3.05) is 6.54 Å². The third kappa shape index (κ3) is 4.10. The highest BCUT2D eigenvalue weighted by Crippen LogP contribution is 2.35. The van der Waals surface area contributed by atoms with Crippen molar-refractivity contribution in [2.24, 2.45) is 7.05 Å². The first-order chi connectivity index (χ1) is 11.1. The van der Waals surface area contributed by atoms with E-state index in [2.05, 4.69) is 31.4 Å². The van der Waals surface area contributed by atoms with Gasteiger partial charge in [0.1, 0.15) is 5.69 Å². The number of aryl methyl sites for hydroxylation is 3. The zero-order valence-corrected chi connectivity index (χ0v) is 15.1. The molecule has 6 nitrogen and oxygen atoms in total. The van der Waals surface area contributed by atoms with Crippen LogP contribution in [-0.2, 0) is 19.8 Å². The van der Waals surface area contributed by atoms with E-state index in [4.69, 9.17) is 11.6 Å². The summed E-state index contributed by atoms with van der Waals surface area (Å²) in [4.78, 5) is 12.1. The molecule has 0 aliphatic rings. The Kier molecular flexibility index (Phi) is 5.59. The lowest BCUT2D eigenvalue weighted by atomic mass is 10.3. The molecular weight excluding hydrogens is 415 g/mol. The third-order valence-electron chi connectivity index (χ3n) is 3.21. The summed E-state index contributed by atoms with van der Waals surface area (Å²) >= 11 is 8.69. The van der Waals surface area contributed by atoms with E-state index in [9.17, 15) is 18.0 Å². The summed E-state index contributed by atoms with van der Waals surface area (Å²) in [5.41, 5.74) is -0.601. The Balaban J connectivity index is 1.94. The Morgan fingerprint density at radius 1 is 1.42 bits per heavy atom. The summed E-state index contributed by atoms with van der Waals surface area (Å²) in [5, 5.41) is 10.6. The van der Waals surface area contributed by atoms with Crippen molar-refractivity contribution in [1.82, 2.24) is 24.9 Å². The number of alkyl halides is 3. The normalized spacial score (nSPS) is 11.8. The van der Waals surface area contributed by atoms with Gasteiger partial charge in [-0.25, -0.2) is 0 Å². The van der Waals surface area contributed by atoms with Crippen LogP contribution in [0, 0.1) is 6.92 Å². The summed E-state index contributed by atoms with van der Waals surface area (Å²) in [6.07, 6.45) is -2.41. The van der Waals surface area contributed by atoms with Gasteiger partial charge in [0.2, 0.25) is 0 Å². The molecule has 11 heteroatoms. The summed E-state index contributed by atoms with van der Waals surface area (Å²) in [6.45, 7) is 2.57. The molecule has 0 aliphatic carbocycles. The molecule has 0 saturated carbocycles. The fraction of sp³-hybridized carbons (Fsp3) is 0.462. The molecule has 0 radical (unpaired) electrons. The number of carbonyl (C=O) groups excluding carboxylic acids is 1. The summed E-state index contributed by atoms with van der Waals surface area (Å²) in [6, 6.07) is 0. The predicted molar refractivity (Wildman–Crippen MR) is 84.8 cm³/mol. The van der Waals surface area contributed by atoms with E-state index in [-0.39, 0.29) is 16.7 Å². The van der Waals surface area contributed by atoms with E-state index in [0.717, 1.165) is 4.68 Å². The molecule has 0 spiro atoms. The fourth-order valence-electron chi connectivity index (χ4n) is 2.06. The summed E-state index contributed by atoms with van der Waals surface area (Å²) < 4.78 is 40.5. The monoisotopic (exact) mass is 427 g/mol. The van der Waals surface area contributed by atoms with E-state index in [0.29, 0.717) is 23.7 Å². The van der Waals surface area contributed by atoms with Crippen molar-refractivity contribution in [3.63, 3.8) is 0 Å². The lowest BCUT2D eigenvalue weighted by Crippen LogP contribution is -2.27. The molecule has 2 rings (SSSR count). The number of nitrogens with zero attached hydrogens (tertiary/aromatic N) is 4. The van der Waals surface area contributed by atoms with Crippen LogP contribution in [0.15, 0.2) is 10.7 Å². The van der Waals surface area contributed by atoms with Crippen molar-refractivity contribution in [2.45, 2.75) is 26.1 Å². The highest BCUT2D eigenvalue weighted by Gasteiger charge is 2.39. The number of aromatic nitrogens is 4. The van der Waals surface area contributed by atoms with Gasteiger partial charge in [-0.3, -0.25) is 14.2 Å². The van der Waals surface area contributed by atoms with Crippen LogP contribution >= 0.6 is 27.5 Å². The second-order valence-electron chi connectivity index (χ2n) is 5.07. The predicted octanol–water partition coefficient (Wildman–Crippen LogP) is 3.18. The van der Waals surface area contributed by atoms with E-state index < -0.39 is 17.8 Å². The summed E-state index contributed by atoms with van der Waals surface area (Å²) in [7, 11) is 1.28. The van der Waals surface area contributed by atoms with Gasteiger partial charge in [-0.2, -0.15) is 23.4 Å². The maximum absolute atomic E-state index is 12.8. The molecule has 132 valence electrons. The van der Waals surface area contributed by atoms with Gasteiger partial charge in [0.15, 0.2) is 5.69 Å². The number of carbonyl (C=O) groups is 1. The van der Waals surface area contributed by atoms with Crippen molar-refractivity contribution in [3.8, 4) is 0 Å². The van der Waals surface area contributed by atoms with Crippen LogP contribution in [0.1, 0.15) is 28.3 Å². The quantitative estimate of drug-likeness (QED) is 0.744. The third-order valence-corrected chi connectivity index (χ3v) is 4.33. The topological polar surface area (TPSA) is 64.7 Å². The molecule has 0 atom stereocenters. The Morgan fingerprint density at radius 2 is 2.08 bits per heavy atom. The van der Waals surface area contributed by atoms with Crippen LogP contribution in [0.4, 0.5) is 13.2 Å². The number of halogens is 5. The molecule has 0 fully saturated rings. The van der Waals surface area contributed by atoms with Crippen molar-refractivity contribution in [3.05, 3.63) is 32.8 Å². The molecule has 1 amide bonds. The zero-order chi connectivity index (χ0) is 18.1. The standard InChI is InChI=1S/C13H14BrClF3N5O/c1-7-8(15)6-23(20-7)5-3-4-19-12(24)10-9(14)11(13(16,17)18)21-22(10)2/h6H,3-5H2,1-2H3,(H,19,24). The van der Waals surface area contributed by atoms with Gasteiger partial charge in [0.25, 0.3) is 5.91 Å². The number of nitrogens with one attached hydrogen (secondary N) is 1.